The lowest BCUT2D eigenvalue weighted by Crippen LogP contribution is -2.21. The summed E-state index contributed by atoms with van der Waals surface area (Å²) < 4.78 is 0. The smallest absolute Gasteiger partial charge is 0.180 e. The van der Waals surface area contributed by atoms with Gasteiger partial charge in [-0.3, -0.25) is 0 Å². The molecule has 1 aromatic rings. The van der Waals surface area contributed by atoms with Crippen molar-refractivity contribution in [1.29, 1.82) is 0 Å². The first-order valence-corrected chi connectivity index (χ1v) is 5.05. The number of hydrogen-bond donors (Lipinski definition) is 2. The average molecular weight is 345 g/mol. The van der Waals surface area contributed by atoms with E-state index >= 15 is 0 Å². The molecule has 82 valence electrons. The van der Waals surface area contributed by atoms with Gasteiger partial charge in [-0.05, 0) is 31.7 Å². The molecule has 1 unspecified atom stereocenters. The predicted molar refractivity (Wildman–Crippen MR) is 71.7 cm³/mol. The number of fused-ring (bicyclic) bond motifs is 1. The van der Waals surface area contributed by atoms with Gasteiger partial charge >= 0.3 is 0 Å². The molecule has 6 heteroatoms. The third kappa shape index (κ3) is 2.92. The highest BCUT2D eigenvalue weighted by molar-refractivity contribution is 8.93. The average Bonchev–Trinajstić information content (AvgIpc) is 2.43. The Morgan fingerprint density at radius 2 is 2.14 bits per heavy atom. The van der Waals surface area contributed by atoms with Gasteiger partial charge in [-0.2, -0.15) is 0 Å². The molecule has 1 aromatic heterocycles. The van der Waals surface area contributed by atoms with E-state index in [1.165, 1.54) is 17.0 Å². The van der Waals surface area contributed by atoms with Crippen LogP contribution >= 0.6 is 45.3 Å². The first-order chi connectivity index (χ1) is 5.79. The van der Waals surface area contributed by atoms with Crippen molar-refractivity contribution in [2.24, 2.45) is 11.7 Å². The quantitative estimate of drug-likeness (QED) is 0.818. The Balaban J connectivity index is 0.000000845. The Kier molecular flexibility index (Phi) is 6.20. The van der Waals surface area contributed by atoms with E-state index < -0.39 is 0 Å². The van der Waals surface area contributed by atoms with Crippen molar-refractivity contribution < 1.29 is 0 Å². The molecule has 0 saturated heterocycles. The van der Waals surface area contributed by atoms with E-state index in [1.54, 1.807) is 11.3 Å². The third-order valence-corrected chi connectivity index (χ3v) is 3.34. The van der Waals surface area contributed by atoms with Gasteiger partial charge in [0.15, 0.2) is 5.13 Å². The van der Waals surface area contributed by atoms with Crippen molar-refractivity contribution in [3.05, 3.63) is 10.6 Å². The fourth-order valence-electron chi connectivity index (χ4n) is 1.66. The lowest BCUT2D eigenvalue weighted by Gasteiger charge is -2.18. The zero-order valence-electron chi connectivity index (χ0n) is 7.73. The summed E-state index contributed by atoms with van der Waals surface area (Å²) in [6.07, 6.45) is 3.32. The molecule has 14 heavy (non-hydrogen) atoms. The molecule has 0 amide bonds. The van der Waals surface area contributed by atoms with Crippen LogP contribution in [-0.4, -0.2) is 11.5 Å². The SMILES string of the molecule is Br.Br.NCC1CCc2nc(N)sc2C1. The van der Waals surface area contributed by atoms with E-state index in [1.807, 2.05) is 0 Å². The summed E-state index contributed by atoms with van der Waals surface area (Å²) in [5, 5.41) is 0.706. The topological polar surface area (TPSA) is 64.9 Å². The standard InChI is InChI=1S/C8H13N3S.2BrH/c9-4-5-1-2-6-7(3-5)12-8(10)11-6;;/h5H,1-4,9H2,(H2,10,11);2*1H. The number of aryl methyl sites for hydroxylation is 1. The highest BCUT2D eigenvalue weighted by Crippen LogP contribution is 2.30. The Bertz CT molecular complexity index is 290. The Morgan fingerprint density at radius 3 is 2.79 bits per heavy atom. The van der Waals surface area contributed by atoms with Gasteiger partial charge in [0.05, 0.1) is 5.69 Å². The van der Waals surface area contributed by atoms with Crippen LogP contribution in [0.1, 0.15) is 17.0 Å². The molecule has 0 aromatic carbocycles. The zero-order valence-corrected chi connectivity index (χ0v) is 12.0. The number of nitrogens with zero attached hydrogens (tertiary/aromatic N) is 1. The molecular weight excluding hydrogens is 330 g/mol. The molecule has 1 heterocycles. The van der Waals surface area contributed by atoms with Crippen LogP contribution in [0.4, 0.5) is 5.13 Å². The van der Waals surface area contributed by atoms with E-state index in [0.29, 0.717) is 11.0 Å². The van der Waals surface area contributed by atoms with Crippen molar-refractivity contribution in [2.75, 3.05) is 12.3 Å². The maximum absolute atomic E-state index is 5.62. The Hall–Kier alpha value is 0.350. The number of anilines is 1. The maximum Gasteiger partial charge on any atom is 0.180 e. The summed E-state index contributed by atoms with van der Waals surface area (Å²) in [5.74, 6) is 0.650. The van der Waals surface area contributed by atoms with E-state index in [9.17, 15) is 0 Å². The largest absolute Gasteiger partial charge is 0.375 e. The van der Waals surface area contributed by atoms with Crippen LogP contribution in [-0.2, 0) is 12.8 Å². The van der Waals surface area contributed by atoms with E-state index in [0.717, 1.165) is 19.4 Å². The lowest BCUT2D eigenvalue weighted by molar-refractivity contribution is 0.470. The highest BCUT2D eigenvalue weighted by Gasteiger charge is 2.20. The van der Waals surface area contributed by atoms with Crippen LogP contribution in [0.3, 0.4) is 0 Å². The molecule has 4 N–H and O–H groups in total. The second-order valence-electron chi connectivity index (χ2n) is 3.27. The fraction of sp³-hybridized carbons (Fsp3) is 0.625. The summed E-state index contributed by atoms with van der Waals surface area (Å²) in [7, 11) is 0. The van der Waals surface area contributed by atoms with Gasteiger partial charge in [0.1, 0.15) is 0 Å². The minimum atomic E-state index is 0. The molecule has 0 spiro atoms. The molecule has 0 radical (unpaired) electrons. The van der Waals surface area contributed by atoms with Crippen molar-refractivity contribution >= 4 is 50.4 Å². The predicted octanol–water partition coefficient (Wildman–Crippen LogP) is 1.94. The molecule has 1 aliphatic carbocycles. The van der Waals surface area contributed by atoms with Crippen LogP contribution in [0.25, 0.3) is 0 Å². The molecule has 2 rings (SSSR count). The summed E-state index contributed by atoms with van der Waals surface area (Å²) in [6, 6.07) is 0. The molecule has 1 atom stereocenters. The summed E-state index contributed by atoms with van der Waals surface area (Å²) in [5.41, 5.74) is 12.5. The number of rotatable bonds is 1. The fourth-order valence-corrected chi connectivity index (χ4v) is 2.66. The van der Waals surface area contributed by atoms with E-state index in [2.05, 4.69) is 4.98 Å². The molecule has 0 saturated carbocycles. The van der Waals surface area contributed by atoms with Crippen LogP contribution < -0.4 is 11.5 Å². The number of thiazole rings is 1. The number of halogens is 2. The molecular formula is C8H15Br2N3S. The first-order valence-electron chi connectivity index (χ1n) is 4.23. The van der Waals surface area contributed by atoms with Gasteiger partial charge in [0.25, 0.3) is 0 Å². The second-order valence-corrected chi connectivity index (χ2v) is 4.38. The molecule has 3 nitrogen and oxygen atoms in total. The Morgan fingerprint density at radius 1 is 1.43 bits per heavy atom. The van der Waals surface area contributed by atoms with Gasteiger partial charge in [-0.1, -0.05) is 0 Å². The monoisotopic (exact) mass is 343 g/mol. The normalized spacial score (nSPS) is 19.1. The van der Waals surface area contributed by atoms with Gasteiger partial charge in [0, 0.05) is 4.88 Å². The molecule has 0 fully saturated rings. The number of nitrogen functional groups attached to an aromatic ring is 1. The molecule has 0 bridgehead atoms. The summed E-state index contributed by atoms with van der Waals surface area (Å²) >= 11 is 1.62. The second kappa shape index (κ2) is 6.05. The molecule has 1 aliphatic rings. The van der Waals surface area contributed by atoms with Crippen molar-refractivity contribution in [3.63, 3.8) is 0 Å². The van der Waals surface area contributed by atoms with Crippen molar-refractivity contribution in [3.8, 4) is 0 Å². The number of nitrogens with two attached hydrogens (primary N) is 2. The third-order valence-electron chi connectivity index (χ3n) is 2.39. The van der Waals surface area contributed by atoms with Crippen LogP contribution in [0, 0.1) is 5.92 Å². The van der Waals surface area contributed by atoms with Crippen LogP contribution in [0.15, 0.2) is 0 Å². The minimum absolute atomic E-state index is 0. The summed E-state index contributed by atoms with van der Waals surface area (Å²) in [4.78, 5) is 5.63. The number of aromatic nitrogens is 1. The van der Waals surface area contributed by atoms with Gasteiger partial charge in [-0.15, -0.1) is 45.3 Å². The van der Waals surface area contributed by atoms with Crippen LogP contribution in [0.2, 0.25) is 0 Å². The summed E-state index contributed by atoms with van der Waals surface area (Å²) in [6.45, 7) is 0.789. The van der Waals surface area contributed by atoms with E-state index in [4.69, 9.17) is 11.5 Å². The minimum Gasteiger partial charge on any atom is -0.375 e. The lowest BCUT2D eigenvalue weighted by atomic mass is 9.91. The Labute approximate surface area is 109 Å². The van der Waals surface area contributed by atoms with Crippen LogP contribution in [0.5, 0.6) is 0 Å². The highest BCUT2D eigenvalue weighted by atomic mass is 79.9. The maximum atomic E-state index is 5.62. The first kappa shape index (κ1) is 14.3. The van der Waals surface area contributed by atoms with Gasteiger partial charge in [0.2, 0.25) is 0 Å². The molecule has 0 aliphatic heterocycles. The number of hydrogen-bond acceptors (Lipinski definition) is 4. The van der Waals surface area contributed by atoms with Crippen molar-refractivity contribution in [1.82, 2.24) is 4.98 Å². The van der Waals surface area contributed by atoms with Crippen molar-refractivity contribution in [2.45, 2.75) is 19.3 Å². The zero-order chi connectivity index (χ0) is 8.55. The van der Waals surface area contributed by atoms with Gasteiger partial charge in [-0.25, -0.2) is 4.98 Å². The van der Waals surface area contributed by atoms with Gasteiger partial charge < -0.3 is 11.5 Å². The van der Waals surface area contributed by atoms with E-state index in [-0.39, 0.29) is 34.0 Å².